The van der Waals surface area contributed by atoms with Crippen molar-refractivity contribution in [3.05, 3.63) is 77.6 Å². The Kier molecular flexibility index (Phi) is 4.02. The lowest BCUT2D eigenvalue weighted by Gasteiger charge is -2.09. The molecular formula is C22H16N2O3. The van der Waals surface area contributed by atoms with Crippen LogP contribution in [0, 0.1) is 11.3 Å². The molecule has 2 aromatic heterocycles. The second-order valence-electron chi connectivity index (χ2n) is 6.08. The lowest BCUT2D eigenvalue weighted by atomic mass is 10.1. The van der Waals surface area contributed by atoms with E-state index in [4.69, 9.17) is 9.47 Å². The van der Waals surface area contributed by atoms with Gasteiger partial charge in [-0.25, -0.2) is 0 Å². The monoisotopic (exact) mass is 356 g/mol. The summed E-state index contributed by atoms with van der Waals surface area (Å²) in [6.07, 6.45) is 1.83. The second kappa shape index (κ2) is 6.50. The highest BCUT2D eigenvalue weighted by Crippen LogP contribution is 2.30. The Hall–Kier alpha value is -3.78. The average Bonchev–Trinajstić information content (AvgIpc) is 3.12. The van der Waals surface area contributed by atoms with E-state index >= 15 is 0 Å². The standard InChI is InChI=1S/C22H16N2O3/c1-26-19-8-7-15(12-20(19)27-2)22(25)18-11-16(13-23)21-17-6-4-3-5-14(17)9-10-24(18)21/h3-12H,1-2H3. The number of hydrogen-bond acceptors (Lipinski definition) is 4. The predicted molar refractivity (Wildman–Crippen MR) is 103 cm³/mol. The zero-order valence-corrected chi connectivity index (χ0v) is 14.9. The molecule has 0 fully saturated rings. The fourth-order valence-electron chi connectivity index (χ4n) is 3.35. The molecule has 2 heterocycles. The molecule has 27 heavy (non-hydrogen) atoms. The van der Waals surface area contributed by atoms with Crippen molar-refractivity contribution in [2.75, 3.05) is 14.2 Å². The fraction of sp³-hybridized carbons (Fsp3) is 0.0909. The Bertz CT molecular complexity index is 1230. The molecule has 0 aliphatic heterocycles. The molecule has 2 aromatic carbocycles. The Morgan fingerprint density at radius 2 is 1.78 bits per heavy atom. The van der Waals surface area contributed by atoms with Crippen LogP contribution in [0.2, 0.25) is 0 Å². The molecule has 4 rings (SSSR count). The number of ketones is 1. The molecule has 0 saturated heterocycles. The van der Waals surface area contributed by atoms with Crippen molar-refractivity contribution in [2.45, 2.75) is 0 Å². The Morgan fingerprint density at radius 1 is 1.00 bits per heavy atom. The highest BCUT2D eigenvalue weighted by Gasteiger charge is 2.20. The summed E-state index contributed by atoms with van der Waals surface area (Å²) in [7, 11) is 3.07. The molecule has 5 heteroatoms. The molecule has 0 bridgehead atoms. The molecule has 4 aromatic rings. The van der Waals surface area contributed by atoms with Crippen LogP contribution in [0.1, 0.15) is 21.6 Å². The van der Waals surface area contributed by atoms with Gasteiger partial charge in [-0.3, -0.25) is 4.79 Å². The molecular weight excluding hydrogens is 340 g/mol. The van der Waals surface area contributed by atoms with Crippen LogP contribution in [-0.2, 0) is 0 Å². The number of methoxy groups -OCH3 is 2. The first-order valence-electron chi connectivity index (χ1n) is 8.37. The molecule has 0 radical (unpaired) electrons. The molecule has 0 aliphatic rings. The molecule has 0 N–H and O–H groups in total. The number of benzene rings is 2. The lowest BCUT2D eigenvalue weighted by molar-refractivity contribution is 0.103. The van der Waals surface area contributed by atoms with Gasteiger partial charge >= 0.3 is 0 Å². The number of rotatable bonds is 4. The molecule has 0 amide bonds. The largest absolute Gasteiger partial charge is 0.493 e. The summed E-state index contributed by atoms with van der Waals surface area (Å²) in [5, 5.41) is 11.6. The highest BCUT2D eigenvalue weighted by atomic mass is 16.5. The minimum Gasteiger partial charge on any atom is -0.493 e. The van der Waals surface area contributed by atoms with Gasteiger partial charge in [-0.15, -0.1) is 0 Å². The summed E-state index contributed by atoms with van der Waals surface area (Å²) in [6.45, 7) is 0. The molecule has 132 valence electrons. The fourth-order valence-corrected chi connectivity index (χ4v) is 3.35. The van der Waals surface area contributed by atoms with Gasteiger partial charge in [0.15, 0.2) is 11.5 Å². The van der Waals surface area contributed by atoms with Crippen LogP contribution in [0.25, 0.3) is 16.3 Å². The molecule has 0 spiro atoms. The van der Waals surface area contributed by atoms with Gasteiger partial charge in [0, 0.05) is 17.1 Å². The zero-order chi connectivity index (χ0) is 19.0. The number of fused-ring (bicyclic) bond motifs is 3. The maximum atomic E-state index is 13.2. The minimum absolute atomic E-state index is 0.192. The number of carbonyl (C=O) groups is 1. The number of hydrogen-bond donors (Lipinski definition) is 0. The Labute approximate surface area is 156 Å². The van der Waals surface area contributed by atoms with E-state index in [1.807, 2.05) is 36.5 Å². The van der Waals surface area contributed by atoms with Gasteiger partial charge in [0.25, 0.3) is 0 Å². The van der Waals surface area contributed by atoms with Crippen molar-refractivity contribution in [1.82, 2.24) is 4.40 Å². The Morgan fingerprint density at radius 3 is 2.52 bits per heavy atom. The van der Waals surface area contributed by atoms with Crippen LogP contribution < -0.4 is 9.47 Å². The molecule has 0 saturated carbocycles. The van der Waals surface area contributed by atoms with Crippen molar-refractivity contribution in [3.8, 4) is 17.6 Å². The lowest BCUT2D eigenvalue weighted by Crippen LogP contribution is -2.06. The Balaban J connectivity index is 1.93. The van der Waals surface area contributed by atoms with E-state index in [0.717, 1.165) is 16.3 Å². The van der Waals surface area contributed by atoms with E-state index in [9.17, 15) is 10.1 Å². The quantitative estimate of drug-likeness (QED) is 0.514. The first-order valence-corrected chi connectivity index (χ1v) is 8.37. The van der Waals surface area contributed by atoms with Crippen molar-refractivity contribution >= 4 is 22.1 Å². The summed E-state index contributed by atoms with van der Waals surface area (Å²) < 4.78 is 12.3. The van der Waals surface area contributed by atoms with Crippen LogP contribution in [0.3, 0.4) is 0 Å². The zero-order valence-electron chi connectivity index (χ0n) is 14.9. The SMILES string of the molecule is COc1ccc(C(=O)c2cc(C#N)c3c4ccccc4ccn23)cc1OC. The van der Waals surface area contributed by atoms with Gasteiger partial charge in [0.05, 0.1) is 31.0 Å². The maximum absolute atomic E-state index is 13.2. The molecule has 0 atom stereocenters. The van der Waals surface area contributed by atoms with Crippen molar-refractivity contribution in [2.24, 2.45) is 0 Å². The highest BCUT2D eigenvalue weighted by molar-refractivity contribution is 6.11. The van der Waals surface area contributed by atoms with Crippen molar-refractivity contribution in [3.63, 3.8) is 0 Å². The van der Waals surface area contributed by atoms with E-state index < -0.39 is 0 Å². The number of pyridine rings is 1. The normalized spacial score (nSPS) is 10.7. The average molecular weight is 356 g/mol. The van der Waals surface area contributed by atoms with E-state index in [2.05, 4.69) is 6.07 Å². The summed E-state index contributed by atoms with van der Waals surface area (Å²) in [6, 6.07) is 18.6. The topological polar surface area (TPSA) is 63.7 Å². The predicted octanol–water partition coefficient (Wildman–Crippen LogP) is 4.21. The third kappa shape index (κ3) is 2.59. The van der Waals surface area contributed by atoms with E-state index in [0.29, 0.717) is 28.3 Å². The van der Waals surface area contributed by atoms with Crippen LogP contribution in [0.15, 0.2) is 60.8 Å². The summed E-state index contributed by atoms with van der Waals surface area (Å²) in [5.41, 5.74) is 2.10. The van der Waals surface area contributed by atoms with Crippen LogP contribution in [0.4, 0.5) is 0 Å². The third-order valence-corrected chi connectivity index (χ3v) is 4.65. The van der Waals surface area contributed by atoms with E-state index in [1.165, 1.54) is 7.11 Å². The van der Waals surface area contributed by atoms with Gasteiger partial charge < -0.3 is 13.9 Å². The van der Waals surface area contributed by atoms with Gasteiger partial charge in [-0.05, 0) is 35.7 Å². The first-order chi connectivity index (χ1) is 13.2. The van der Waals surface area contributed by atoms with E-state index in [1.54, 1.807) is 35.8 Å². The van der Waals surface area contributed by atoms with Crippen LogP contribution in [-0.4, -0.2) is 24.4 Å². The van der Waals surface area contributed by atoms with Gasteiger partial charge in [0.1, 0.15) is 6.07 Å². The second-order valence-corrected chi connectivity index (χ2v) is 6.08. The van der Waals surface area contributed by atoms with Gasteiger partial charge in [0.2, 0.25) is 5.78 Å². The number of ether oxygens (including phenoxy) is 2. The van der Waals surface area contributed by atoms with Crippen LogP contribution >= 0.6 is 0 Å². The minimum atomic E-state index is -0.192. The number of nitrogens with zero attached hydrogens (tertiary/aromatic N) is 2. The first kappa shape index (κ1) is 16.7. The molecule has 0 aliphatic carbocycles. The summed E-state index contributed by atoms with van der Waals surface area (Å²) in [5.74, 6) is 0.843. The van der Waals surface area contributed by atoms with Gasteiger partial charge in [-0.1, -0.05) is 24.3 Å². The van der Waals surface area contributed by atoms with Crippen molar-refractivity contribution in [1.29, 1.82) is 5.26 Å². The van der Waals surface area contributed by atoms with E-state index in [-0.39, 0.29) is 5.78 Å². The third-order valence-electron chi connectivity index (χ3n) is 4.65. The number of aromatic nitrogens is 1. The number of carbonyl (C=O) groups excluding carboxylic acids is 1. The van der Waals surface area contributed by atoms with Crippen molar-refractivity contribution < 1.29 is 14.3 Å². The summed E-state index contributed by atoms with van der Waals surface area (Å²) >= 11 is 0. The van der Waals surface area contributed by atoms with Gasteiger partial charge in [-0.2, -0.15) is 5.26 Å². The number of nitriles is 1. The maximum Gasteiger partial charge on any atom is 0.209 e. The summed E-state index contributed by atoms with van der Waals surface area (Å²) in [4.78, 5) is 13.2. The smallest absolute Gasteiger partial charge is 0.209 e. The van der Waals surface area contributed by atoms with Crippen LogP contribution in [0.5, 0.6) is 11.5 Å². The molecule has 5 nitrogen and oxygen atoms in total. The molecule has 0 unspecified atom stereocenters.